The largest absolute Gasteiger partial charge is 0.359 e. The maximum atomic E-state index is 4.79. The van der Waals surface area contributed by atoms with Crippen LogP contribution in [0.1, 0.15) is 70.8 Å². The average Bonchev–Trinajstić information content (AvgIpc) is 3.04. The highest BCUT2D eigenvalue weighted by atomic mass is 15.3. The molecule has 0 amide bonds. The average molecular weight is 355 g/mol. The van der Waals surface area contributed by atoms with Crippen molar-refractivity contribution in [3.8, 4) is 0 Å². The van der Waals surface area contributed by atoms with Gasteiger partial charge < -0.3 is 9.88 Å². The van der Waals surface area contributed by atoms with Gasteiger partial charge >= 0.3 is 0 Å². The highest BCUT2D eigenvalue weighted by molar-refractivity contribution is 5.78. The van der Waals surface area contributed by atoms with Gasteiger partial charge in [0.15, 0.2) is 0 Å². The van der Waals surface area contributed by atoms with Gasteiger partial charge in [0.05, 0.1) is 11.0 Å². The van der Waals surface area contributed by atoms with E-state index in [2.05, 4.69) is 46.0 Å². The summed E-state index contributed by atoms with van der Waals surface area (Å²) in [7, 11) is 1.99. The molecule has 1 saturated heterocycles. The van der Waals surface area contributed by atoms with Crippen LogP contribution < -0.4 is 5.32 Å². The molecule has 2 aliphatic rings. The van der Waals surface area contributed by atoms with Crippen molar-refractivity contribution in [3.05, 3.63) is 24.3 Å². The van der Waals surface area contributed by atoms with Gasteiger partial charge in [-0.05, 0) is 44.7 Å². The van der Waals surface area contributed by atoms with Gasteiger partial charge in [0.25, 0.3) is 0 Å². The van der Waals surface area contributed by atoms with E-state index in [1.165, 1.54) is 76.4 Å². The smallest absolute Gasteiger partial charge is 0.203 e. The van der Waals surface area contributed by atoms with E-state index in [0.29, 0.717) is 11.6 Å². The Labute approximate surface area is 158 Å². The molecule has 0 atom stereocenters. The number of imidazole rings is 1. The van der Waals surface area contributed by atoms with E-state index in [1.807, 2.05) is 7.05 Å². The number of para-hydroxylation sites is 2. The van der Waals surface area contributed by atoms with Crippen LogP contribution in [-0.2, 0) is 0 Å². The molecule has 1 saturated carbocycles. The summed E-state index contributed by atoms with van der Waals surface area (Å²) in [5, 5.41) is 3.32. The van der Waals surface area contributed by atoms with Crippen LogP contribution in [0.5, 0.6) is 0 Å². The van der Waals surface area contributed by atoms with Gasteiger partial charge in [0, 0.05) is 31.7 Å². The maximum absolute atomic E-state index is 4.79. The van der Waals surface area contributed by atoms with E-state index >= 15 is 0 Å². The van der Waals surface area contributed by atoms with Crippen LogP contribution in [0.25, 0.3) is 11.0 Å². The number of hydrogen-bond acceptors (Lipinski definition) is 3. The van der Waals surface area contributed by atoms with Gasteiger partial charge in [-0.25, -0.2) is 4.98 Å². The lowest BCUT2D eigenvalue weighted by atomic mass is 9.82. The van der Waals surface area contributed by atoms with Crippen LogP contribution >= 0.6 is 0 Å². The molecule has 1 aromatic heterocycles. The van der Waals surface area contributed by atoms with Crippen molar-refractivity contribution in [1.29, 1.82) is 0 Å². The maximum Gasteiger partial charge on any atom is 0.203 e. The van der Waals surface area contributed by atoms with Crippen molar-refractivity contribution in [2.24, 2.45) is 0 Å². The van der Waals surface area contributed by atoms with Crippen LogP contribution in [0.2, 0.25) is 0 Å². The Hall–Kier alpha value is -1.55. The first-order valence-corrected chi connectivity index (χ1v) is 10.6. The molecule has 0 unspecified atom stereocenters. The van der Waals surface area contributed by atoms with E-state index in [0.717, 1.165) is 11.5 Å². The number of benzene rings is 1. The molecule has 142 valence electrons. The number of hydrogen-bond donors (Lipinski definition) is 1. The fourth-order valence-electron chi connectivity index (χ4n) is 5.24. The van der Waals surface area contributed by atoms with Gasteiger partial charge in [-0.2, -0.15) is 0 Å². The fourth-order valence-corrected chi connectivity index (χ4v) is 5.24. The minimum absolute atomic E-state index is 0.425. The third-order valence-electron chi connectivity index (χ3n) is 6.84. The van der Waals surface area contributed by atoms with E-state index in [9.17, 15) is 0 Å². The quantitative estimate of drug-likeness (QED) is 0.820. The first-order valence-electron chi connectivity index (χ1n) is 10.6. The van der Waals surface area contributed by atoms with Crippen molar-refractivity contribution in [1.82, 2.24) is 14.5 Å². The first kappa shape index (κ1) is 17.8. The van der Waals surface area contributed by atoms with Crippen LogP contribution in [-0.4, -0.2) is 40.1 Å². The lowest BCUT2D eigenvalue weighted by molar-refractivity contribution is 0.0444. The number of fused-ring (bicyclic) bond motifs is 1. The third-order valence-corrected chi connectivity index (χ3v) is 6.84. The van der Waals surface area contributed by atoms with Crippen molar-refractivity contribution in [2.45, 2.75) is 76.3 Å². The Morgan fingerprint density at radius 2 is 1.65 bits per heavy atom. The molecular weight excluding hydrogens is 320 g/mol. The number of nitrogens with zero attached hydrogens (tertiary/aromatic N) is 3. The lowest BCUT2D eigenvalue weighted by Crippen LogP contribution is -2.50. The number of rotatable bonds is 3. The summed E-state index contributed by atoms with van der Waals surface area (Å²) in [6, 6.07) is 9.10. The van der Waals surface area contributed by atoms with Gasteiger partial charge in [0.1, 0.15) is 0 Å². The summed E-state index contributed by atoms with van der Waals surface area (Å²) in [5.74, 6) is 1.02. The third kappa shape index (κ3) is 3.36. The molecule has 0 bridgehead atoms. The standard InChI is InChI=1S/C22H34N4/c1-22(14-8-4-3-5-9-15-22)25-16-12-18(13-17-25)26-20-11-7-6-10-19(20)24-21(26)23-2/h6-7,10-11,18H,3-5,8-9,12-17H2,1-2H3,(H,23,24). The predicted molar refractivity (Wildman–Crippen MR) is 110 cm³/mol. The monoisotopic (exact) mass is 354 g/mol. The zero-order valence-electron chi connectivity index (χ0n) is 16.5. The molecule has 4 rings (SSSR count). The van der Waals surface area contributed by atoms with Gasteiger partial charge in [-0.1, -0.05) is 44.2 Å². The molecule has 1 aliphatic heterocycles. The molecule has 1 N–H and O–H groups in total. The number of nitrogens with one attached hydrogen (secondary N) is 1. The second-order valence-corrected chi connectivity index (χ2v) is 8.53. The van der Waals surface area contributed by atoms with Crippen molar-refractivity contribution < 1.29 is 0 Å². The lowest BCUT2D eigenvalue weighted by Gasteiger charge is -2.46. The molecule has 4 heteroatoms. The Morgan fingerprint density at radius 1 is 1.00 bits per heavy atom. The fraction of sp³-hybridized carbons (Fsp3) is 0.682. The van der Waals surface area contributed by atoms with Gasteiger partial charge in [-0.15, -0.1) is 0 Å². The highest BCUT2D eigenvalue weighted by Crippen LogP contribution is 2.37. The van der Waals surface area contributed by atoms with Crippen LogP contribution in [0.4, 0.5) is 5.95 Å². The second kappa shape index (κ2) is 7.59. The zero-order chi connectivity index (χ0) is 18.0. The van der Waals surface area contributed by atoms with Gasteiger partial charge in [0.2, 0.25) is 5.95 Å². The number of aromatic nitrogens is 2. The molecule has 2 fully saturated rings. The van der Waals surface area contributed by atoms with Crippen molar-refractivity contribution in [3.63, 3.8) is 0 Å². The zero-order valence-corrected chi connectivity index (χ0v) is 16.5. The SMILES string of the molecule is CNc1nc2ccccc2n1C1CCN(C2(C)CCCCCCC2)CC1. The number of piperidine rings is 1. The molecule has 4 nitrogen and oxygen atoms in total. The Bertz CT molecular complexity index is 719. The summed E-state index contributed by atoms with van der Waals surface area (Å²) in [5.41, 5.74) is 2.80. The topological polar surface area (TPSA) is 33.1 Å². The summed E-state index contributed by atoms with van der Waals surface area (Å²) in [6.45, 7) is 4.97. The van der Waals surface area contributed by atoms with E-state index in [-0.39, 0.29) is 0 Å². The Balaban J connectivity index is 1.50. The van der Waals surface area contributed by atoms with Crippen LogP contribution in [0.15, 0.2) is 24.3 Å². The van der Waals surface area contributed by atoms with Crippen LogP contribution in [0, 0.1) is 0 Å². The summed E-state index contributed by atoms with van der Waals surface area (Å²) >= 11 is 0. The normalized spacial score (nSPS) is 22.8. The molecule has 1 aromatic carbocycles. The second-order valence-electron chi connectivity index (χ2n) is 8.53. The van der Waals surface area contributed by atoms with Gasteiger partial charge in [-0.3, -0.25) is 4.90 Å². The van der Waals surface area contributed by atoms with Crippen molar-refractivity contribution in [2.75, 3.05) is 25.5 Å². The summed E-state index contributed by atoms with van der Waals surface area (Å²) in [6.07, 6.45) is 12.3. The highest BCUT2D eigenvalue weighted by Gasteiger charge is 2.35. The molecular formula is C22H34N4. The van der Waals surface area contributed by atoms with E-state index in [4.69, 9.17) is 4.98 Å². The molecule has 2 aromatic rings. The minimum Gasteiger partial charge on any atom is -0.359 e. The minimum atomic E-state index is 0.425. The Morgan fingerprint density at radius 3 is 2.35 bits per heavy atom. The molecule has 1 aliphatic carbocycles. The molecule has 2 heterocycles. The molecule has 0 radical (unpaired) electrons. The van der Waals surface area contributed by atoms with E-state index in [1.54, 1.807) is 0 Å². The van der Waals surface area contributed by atoms with Crippen molar-refractivity contribution >= 4 is 17.0 Å². The predicted octanol–water partition coefficient (Wildman–Crippen LogP) is 5.22. The molecule has 26 heavy (non-hydrogen) atoms. The summed E-state index contributed by atoms with van der Waals surface area (Å²) in [4.78, 5) is 7.60. The Kier molecular flexibility index (Phi) is 5.21. The molecule has 0 spiro atoms. The number of likely N-dealkylation sites (tertiary alicyclic amines) is 1. The first-order chi connectivity index (χ1) is 12.7. The van der Waals surface area contributed by atoms with E-state index < -0.39 is 0 Å². The summed E-state index contributed by atoms with van der Waals surface area (Å²) < 4.78 is 2.45. The number of anilines is 1. The van der Waals surface area contributed by atoms with Crippen LogP contribution in [0.3, 0.4) is 0 Å².